The quantitative estimate of drug-likeness (QED) is 0.428. The van der Waals surface area contributed by atoms with Crippen LogP contribution in [0.2, 0.25) is 5.02 Å². The van der Waals surface area contributed by atoms with Crippen LogP contribution in [0.25, 0.3) is 10.3 Å². The molecule has 15 heteroatoms. The van der Waals surface area contributed by atoms with E-state index in [9.17, 15) is 22.8 Å². The normalized spacial score (nSPS) is 11.5. The molecule has 9 nitrogen and oxygen atoms in total. The van der Waals surface area contributed by atoms with E-state index in [1.54, 1.807) is 5.51 Å². The summed E-state index contributed by atoms with van der Waals surface area (Å²) in [5.74, 6) is -1.51. The number of carbonyl (C=O) groups is 2. The monoisotopic (exact) mass is 499 g/mol. The molecule has 4 aromatic heterocycles. The predicted molar refractivity (Wildman–Crippen MR) is 111 cm³/mol. The Morgan fingerprint density at radius 1 is 1.06 bits per heavy atom. The SMILES string of the molecule is O=C(Nc1cc(C(F)(F)F)c(Cl)cn1)c1cnc(CNC(=O)c2ncnc3scnc23)s1. The number of hydrogen-bond acceptors (Lipinski definition) is 9. The van der Waals surface area contributed by atoms with Gasteiger partial charge in [0.15, 0.2) is 5.69 Å². The molecular formula is C17H9ClF3N7O2S2. The van der Waals surface area contributed by atoms with Crippen molar-refractivity contribution in [3.63, 3.8) is 0 Å². The van der Waals surface area contributed by atoms with Gasteiger partial charge in [-0.25, -0.2) is 24.9 Å². The van der Waals surface area contributed by atoms with Crippen molar-refractivity contribution >= 4 is 62.3 Å². The number of carbonyl (C=O) groups excluding carboxylic acids is 2. The van der Waals surface area contributed by atoms with Crippen molar-refractivity contribution in [2.24, 2.45) is 0 Å². The lowest BCUT2D eigenvalue weighted by molar-refractivity contribution is -0.137. The summed E-state index contributed by atoms with van der Waals surface area (Å²) >= 11 is 7.75. The first kappa shape index (κ1) is 22.0. The Balaban J connectivity index is 1.41. The molecule has 0 unspecified atom stereocenters. The molecule has 0 aliphatic carbocycles. The number of alkyl halides is 3. The largest absolute Gasteiger partial charge is 0.418 e. The number of hydrogen-bond donors (Lipinski definition) is 2. The van der Waals surface area contributed by atoms with Crippen LogP contribution in [-0.2, 0) is 12.7 Å². The lowest BCUT2D eigenvalue weighted by Gasteiger charge is -2.10. The van der Waals surface area contributed by atoms with Crippen molar-refractivity contribution in [3.8, 4) is 0 Å². The van der Waals surface area contributed by atoms with E-state index in [0.717, 1.165) is 17.5 Å². The lowest BCUT2D eigenvalue weighted by atomic mass is 10.2. The Morgan fingerprint density at radius 3 is 2.66 bits per heavy atom. The van der Waals surface area contributed by atoms with E-state index < -0.39 is 28.6 Å². The summed E-state index contributed by atoms with van der Waals surface area (Å²) in [5, 5.41) is 4.72. The Morgan fingerprint density at radius 2 is 1.88 bits per heavy atom. The van der Waals surface area contributed by atoms with Gasteiger partial charge in [-0.3, -0.25) is 9.59 Å². The summed E-state index contributed by atoms with van der Waals surface area (Å²) in [7, 11) is 0. The summed E-state index contributed by atoms with van der Waals surface area (Å²) in [6.45, 7) is 0.00380. The number of amides is 2. The molecule has 0 aliphatic heterocycles. The number of pyridine rings is 1. The molecule has 0 saturated heterocycles. The van der Waals surface area contributed by atoms with Crippen LogP contribution in [0.4, 0.5) is 19.0 Å². The fourth-order valence-corrected chi connectivity index (χ4v) is 4.09. The maximum atomic E-state index is 13.0. The minimum atomic E-state index is -4.69. The highest BCUT2D eigenvalue weighted by Gasteiger charge is 2.34. The zero-order chi connectivity index (χ0) is 22.9. The highest BCUT2D eigenvalue weighted by Crippen LogP contribution is 2.35. The van der Waals surface area contributed by atoms with E-state index in [4.69, 9.17) is 11.6 Å². The minimum Gasteiger partial charge on any atom is -0.344 e. The second-order valence-electron chi connectivity index (χ2n) is 6.03. The molecule has 32 heavy (non-hydrogen) atoms. The number of nitrogens with one attached hydrogen (secondary N) is 2. The molecule has 0 radical (unpaired) electrons. The third kappa shape index (κ3) is 4.66. The zero-order valence-corrected chi connectivity index (χ0v) is 17.9. The topological polar surface area (TPSA) is 123 Å². The van der Waals surface area contributed by atoms with Gasteiger partial charge < -0.3 is 10.6 Å². The van der Waals surface area contributed by atoms with Crippen molar-refractivity contribution in [2.45, 2.75) is 12.7 Å². The van der Waals surface area contributed by atoms with Crippen LogP contribution in [0, 0.1) is 0 Å². The highest BCUT2D eigenvalue weighted by molar-refractivity contribution is 7.16. The third-order valence-electron chi connectivity index (χ3n) is 3.93. The first-order chi connectivity index (χ1) is 15.2. The molecule has 164 valence electrons. The molecule has 2 N–H and O–H groups in total. The molecule has 0 saturated carbocycles. The van der Waals surface area contributed by atoms with Crippen molar-refractivity contribution < 1.29 is 22.8 Å². The van der Waals surface area contributed by atoms with Gasteiger partial charge in [-0.1, -0.05) is 11.6 Å². The van der Waals surface area contributed by atoms with Gasteiger partial charge in [-0.05, 0) is 6.07 Å². The van der Waals surface area contributed by atoms with Crippen molar-refractivity contribution in [2.75, 3.05) is 5.32 Å². The van der Waals surface area contributed by atoms with Crippen LogP contribution >= 0.6 is 34.3 Å². The number of thiazole rings is 2. The molecule has 2 amide bonds. The van der Waals surface area contributed by atoms with Crippen molar-refractivity contribution in [1.29, 1.82) is 0 Å². The Labute approximate surface area is 189 Å². The van der Waals surface area contributed by atoms with E-state index in [1.807, 2.05) is 0 Å². The third-order valence-corrected chi connectivity index (χ3v) is 5.96. The maximum absolute atomic E-state index is 13.0. The maximum Gasteiger partial charge on any atom is 0.418 e. The van der Waals surface area contributed by atoms with Gasteiger partial charge in [0.25, 0.3) is 11.8 Å². The molecule has 0 spiro atoms. The van der Waals surface area contributed by atoms with E-state index in [0.29, 0.717) is 21.4 Å². The van der Waals surface area contributed by atoms with Gasteiger partial charge in [0.05, 0.1) is 28.8 Å². The Kier molecular flexibility index (Phi) is 5.99. The fourth-order valence-electron chi connectivity index (χ4n) is 2.50. The second kappa shape index (κ2) is 8.72. The molecule has 0 bridgehead atoms. The first-order valence-corrected chi connectivity index (χ1v) is 10.6. The number of fused-ring (bicyclic) bond motifs is 1. The lowest BCUT2D eigenvalue weighted by Crippen LogP contribution is -2.24. The van der Waals surface area contributed by atoms with E-state index in [2.05, 4.69) is 35.6 Å². The molecule has 0 aromatic carbocycles. The van der Waals surface area contributed by atoms with Crippen LogP contribution in [0.1, 0.15) is 30.7 Å². The number of nitrogens with zero attached hydrogens (tertiary/aromatic N) is 5. The van der Waals surface area contributed by atoms with Gasteiger partial charge in [0, 0.05) is 6.20 Å². The van der Waals surface area contributed by atoms with Crippen molar-refractivity contribution in [3.05, 3.63) is 56.5 Å². The Hall–Kier alpha value is -3.23. The van der Waals surface area contributed by atoms with Gasteiger partial charge in [-0.15, -0.1) is 22.7 Å². The summed E-state index contributed by atoms with van der Waals surface area (Å²) in [5.41, 5.74) is 0.925. The van der Waals surface area contributed by atoms with Gasteiger partial charge in [-0.2, -0.15) is 13.2 Å². The van der Waals surface area contributed by atoms with Crippen LogP contribution in [0.3, 0.4) is 0 Å². The summed E-state index contributed by atoms with van der Waals surface area (Å²) in [6.07, 6.45) is -1.38. The van der Waals surface area contributed by atoms with Gasteiger partial charge >= 0.3 is 6.18 Å². The number of anilines is 1. The molecule has 0 fully saturated rings. The number of aromatic nitrogens is 5. The van der Waals surface area contributed by atoms with Gasteiger partial charge in [0.1, 0.15) is 32.4 Å². The van der Waals surface area contributed by atoms with Crippen molar-refractivity contribution in [1.82, 2.24) is 30.2 Å². The molecule has 4 aromatic rings. The summed E-state index contributed by atoms with van der Waals surface area (Å²) in [4.78, 5) is 45.2. The molecule has 4 heterocycles. The smallest absolute Gasteiger partial charge is 0.344 e. The average molecular weight is 500 g/mol. The summed E-state index contributed by atoms with van der Waals surface area (Å²) in [6, 6.07) is 0.642. The molecule has 4 rings (SSSR count). The van der Waals surface area contributed by atoms with Crippen LogP contribution < -0.4 is 10.6 Å². The summed E-state index contributed by atoms with van der Waals surface area (Å²) < 4.78 is 38.9. The minimum absolute atomic E-state index is 0.00380. The number of rotatable bonds is 5. The van der Waals surface area contributed by atoms with Crippen LogP contribution in [-0.4, -0.2) is 36.7 Å². The molecular weight excluding hydrogens is 491 g/mol. The standard InChI is InChI=1S/C17H9ClF3N7O2S2/c18-8-2-22-10(1-7(8)17(19,20)21)28-14(29)9-3-23-11(32-9)4-24-15(30)12-13-16(26-5-25-12)31-6-27-13/h1-3,5-6H,4H2,(H,24,30)(H,22,28,29). The predicted octanol–water partition coefficient (Wildman–Crippen LogP) is 3.79. The van der Waals surface area contributed by atoms with E-state index in [1.165, 1.54) is 23.9 Å². The molecule has 0 aliphatic rings. The van der Waals surface area contributed by atoms with Gasteiger partial charge in [0.2, 0.25) is 0 Å². The van der Waals surface area contributed by atoms with E-state index in [-0.39, 0.29) is 22.9 Å². The average Bonchev–Trinajstić information content (AvgIpc) is 3.42. The highest BCUT2D eigenvalue weighted by atomic mass is 35.5. The van der Waals surface area contributed by atoms with Crippen LogP contribution in [0.5, 0.6) is 0 Å². The fraction of sp³-hybridized carbons (Fsp3) is 0.118. The van der Waals surface area contributed by atoms with Crippen LogP contribution in [0.15, 0.2) is 30.3 Å². The Bertz CT molecular complexity index is 1320. The first-order valence-electron chi connectivity index (χ1n) is 8.53. The van der Waals surface area contributed by atoms with E-state index >= 15 is 0 Å². The second-order valence-corrected chi connectivity index (χ2v) is 8.39. The molecule has 0 atom stereocenters. The number of halogens is 4. The zero-order valence-electron chi connectivity index (χ0n) is 15.5.